The number of benzene rings is 3. The van der Waals surface area contributed by atoms with E-state index in [0.29, 0.717) is 6.42 Å². The first-order chi connectivity index (χ1) is 15.8. The maximum Gasteiger partial charge on any atom is 0.308 e. The number of rotatable bonds is 6. The standard InChI is InChI=1S/C26H27NO4S2/c1-18-8-12-20(13-9-18)24-16-25(32-21-6-4-3-5-7-21)23(26(28)29)17-27(24)33(30,31)22-14-10-19(2)11-15-22/h3-15,23-25H,16-17H2,1-2H3,(H,28,29)/t23-,24+,25-/m1/s1. The summed E-state index contributed by atoms with van der Waals surface area (Å²) in [6.45, 7) is 3.81. The van der Waals surface area contributed by atoms with E-state index in [9.17, 15) is 18.3 Å². The number of aryl methyl sites for hydroxylation is 2. The second kappa shape index (κ2) is 9.71. The lowest BCUT2D eigenvalue weighted by Gasteiger charge is -2.41. The van der Waals surface area contributed by atoms with Crippen molar-refractivity contribution in [3.63, 3.8) is 0 Å². The number of sulfonamides is 1. The molecule has 0 spiro atoms. The van der Waals surface area contributed by atoms with Crippen LogP contribution in [0.15, 0.2) is 88.7 Å². The zero-order valence-corrected chi connectivity index (χ0v) is 20.2. The molecule has 1 heterocycles. The normalized spacial score (nSPS) is 21.6. The fraction of sp³-hybridized carbons (Fsp3) is 0.269. The number of carboxylic acids is 1. The molecular weight excluding hydrogens is 454 g/mol. The van der Waals surface area contributed by atoms with Gasteiger partial charge in [-0.05, 0) is 50.1 Å². The summed E-state index contributed by atoms with van der Waals surface area (Å²) in [5.41, 5.74) is 2.92. The third kappa shape index (κ3) is 5.16. The van der Waals surface area contributed by atoms with Crippen molar-refractivity contribution in [2.24, 2.45) is 5.92 Å². The maximum atomic E-state index is 13.7. The molecule has 5 nitrogen and oxygen atoms in total. The zero-order valence-electron chi connectivity index (χ0n) is 18.6. The molecule has 0 aromatic heterocycles. The van der Waals surface area contributed by atoms with Crippen LogP contribution in [0.3, 0.4) is 0 Å². The molecule has 3 atom stereocenters. The van der Waals surface area contributed by atoms with Gasteiger partial charge in [0.15, 0.2) is 0 Å². The number of carbonyl (C=O) groups is 1. The molecule has 0 saturated carbocycles. The maximum absolute atomic E-state index is 13.7. The van der Waals surface area contributed by atoms with Crippen LogP contribution in [0.2, 0.25) is 0 Å². The number of hydrogen-bond donors (Lipinski definition) is 1. The number of piperidine rings is 1. The van der Waals surface area contributed by atoms with Crippen molar-refractivity contribution in [1.29, 1.82) is 0 Å². The molecule has 7 heteroatoms. The van der Waals surface area contributed by atoms with E-state index in [1.54, 1.807) is 24.3 Å². The lowest BCUT2D eigenvalue weighted by atomic mass is 9.90. The Morgan fingerprint density at radius 3 is 2.06 bits per heavy atom. The van der Waals surface area contributed by atoms with Crippen LogP contribution in [0.1, 0.15) is 29.2 Å². The lowest BCUT2D eigenvalue weighted by molar-refractivity contribution is -0.143. The van der Waals surface area contributed by atoms with Crippen molar-refractivity contribution in [1.82, 2.24) is 4.31 Å². The molecule has 1 aliphatic heterocycles. The Morgan fingerprint density at radius 2 is 1.48 bits per heavy atom. The molecule has 0 amide bonds. The molecule has 3 aromatic rings. The van der Waals surface area contributed by atoms with Gasteiger partial charge in [-0.25, -0.2) is 8.42 Å². The second-order valence-corrected chi connectivity index (χ2v) is 11.7. The van der Waals surface area contributed by atoms with Gasteiger partial charge in [-0.2, -0.15) is 4.31 Å². The fourth-order valence-electron chi connectivity index (χ4n) is 4.18. The van der Waals surface area contributed by atoms with E-state index < -0.39 is 28.0 Å². The summed E-state index contributed by atoms with van der Waals surface area (Å²) in [7, 11) is -3.89. The van der Waals surface area contributed by atoms with E-state index >= 15 is 0 Å². The van der Waals surface area contributed by atoms with Crippen LogP contribution in [0.4, 0.5) is 0 Å². The van der Waals surface area contributed by atoms with E-state index in [2.05, 4.69) is 0 Å². The van der Waals surface area contributed by atoms with Crippen LogP contribution in [0.25, 0.3) is 0 Å². The van der Waals surface area contributed by atoms with Gasteiger partial charge in [0.1, 0.15) is 0 Å². The van der Waals surface area contributed by atoms with Gasteiger partial charge < -0.3 is 5.11 Å². The van der Waals surface area contributed by atoms with Crippen molar-refractivity contribution < 1.29 is 18.3 Å². The Hall–Kier alpha value is -2.61. The number of carboxylic acid groups (broad SMARTS) is 1. The molecule has 1 fully saturated rings. The minimum absolute atomic E-state index is 0.0748. The summed E-state index contributed by atoms with van der Waals surface area (Å²) >= 11 is 1.51. The van der Waals surface area contributed by atoms with Crippen LogP contribution in [0, 0.1) is 19.8 Å². The third-order valence-electron chi connectivity index (χ3n) is 6.07. The van der Waals surface area contributed by atoms with E-state index in [0.717, 1.165) is 21.6 Å². The number of aliphatic carboxylic acids is 1. The Labute approximate surface area is 199 Å². The summed E-state index contributed by atoms with van der Waals surface area (Å²) in [6.07, 6.45) is 0.407. The molecule has 0 radical (unpaired) electrons. The molecule has 3 aromatic carbocycles. The quantitative estimate of drug-likeness (QED) is 0.517. The Kier molecular flexibility index (Phi) is 6.93. The molecule has 0 bridgehead atoms. The molecule has 33 heavy (non-hydrogen) atoms. The van der Waals surface area contributed by atoms with E-state index in [1.165, 1.54) is 16.1 Å². The highest BCUT2D eigenvalue weighted by molar-refractivity contribution is 8.00. The van der Waals surface area contributed by atoms with E-state index in [-0.39, 0.29) is 16.7 Å². The van der Waals surface area contributed by atoms with Gasteiger partial charge >= 0.3 is 5.97 Å². The smallest absolute Gasteiger partial charge is 0.308 e. The minimum atomic E-state index is -3.89. The van der Waals surface area contributed by atoms with Gasteiger partial charge in [0.25, 0.3) is 0 Å². The molecule has 0 aliphatic carbocycles. The molecule has 1 saturated heterocycles. The molecule has 4 rings (SSSR count). The molecule has 0 unspecified atom stereocenters. The summed E-state index contributed by atoms with van der Waals surface area (Å²) < 4.78 is 28.8. The van der Waals surface area contributed by atoms with Crippen LogP contribution >= 0.6 is 11.8 Å². The Bertz CT molecular complexity index is 1210. The predicted molar refractivity (Wildman–Crippen MR) is 131 cm³/mol. The average Bonchev–Trinajstić information content (AvgIpc) is 2.80. The third-order valence-corrected chi connectivity index (χ3v) is 9.32. The van der Waals surface area contributed by atoms with Crippen LogP contribution in [-0.4, -0.2) is 35.6 Å². The number of thioether (sulfide) groups is 1. The molecule has 172 valence electrons. The molecule has 1 aliphatic rings. The number of nitrogens with zero attached hydrogens (tertiary/aromatic N) is 1. The second-order valence-electron chi connectivity index (χ2n) is 8.46. The minimum Gasteiger partial charge on any atom is -0.481 e. The Balaban J connectivity index is 1.76. The summed E-state index contributed by atoms with van der Waals surface area (Å²) in [4.78, 5) is 13.4. The highest BCUT2D eigenvalue weighted by Crippen LogP contribution is 2.44. The largest absolute Gasteiger partial charge is 0.481 e. The highest BCUT2D eigenvalue weighted by atomic mass is 32.2. The van der Waals surface area contributed by atoms with Gasteiger partial charge in [-0.1, -0.05) is 65.7 Å². The van der Waals surface area contributed by atoms with Crippen molar-refractivity contribution >= 4 is 27.8 Å². The molecular formula is C26H27NO4S2. The topological polar surface area (TPSA) is 74.7 Å². The van der Waals surface area contributed by atoms with Crippen molar-refractivity contribution in [2.75, 3.05) is 6.54 Å². The van der Waals surface area contributed by atoms with Crippen molar-refractivity contribution in [3.8, 4) is 0 Å². The SMILES string of the molecule is Cc1ccc([C@@H]2C[C@@H](Sc3ccccc3)[C@H](C(=O)O)CN2S(=O)(=O)c2ccc(C)cc2)cc1. The van der Waals surface area contributed by atoms with E-state index in [4.69, 9.17) is 0 Å². The first-order valence-electron chi connectivity index (χ1n) is 10.9. The van der Waals surface area contributed by atoms with Crippen LogP contribution in [0.5, 0.6) is 0 Å². The summed E-state index contributed by atoms with van der Waals surface area (Å²) in [5.74, 6) is -1.80. The van der Waals surface area contributed by atoms with Crippen molar-refractivity contribution in [3.05, 3.63) is 95.6 Å². The predicted octanol–water partition coefficient (Wildman–Crippen LogP) is 5.30. The fourth-order valence-corrected chi connectivity index (χ4v) is 7.14. The molecule has 1 N–H and O–H groups in total. The van der Waals surface area contributed by atoms with Crippen molar-refractivity contribution in [2.45, 2.75) is 41.4 Å². The first kappa shape index (κ1) is 23.5. The lowest BCUT2D eigenvalue weighted by Crippen LogP contribution is -2.49. The van der Waals surface area contributed by atoms with Gasteiger partial charge in [0, 0.05) is 16.7 Å². The van der Waals surface area contributed by atoms with Crippen LogP contribution < -0.4 is 0 Å². The monoisotopic (exact) mass is 481 g/mol. The van der Waals surface area contributed by atoms with Gasteiger partial charge in [0.2, 0.25) is 10.0 Å². The Morgan fingerprint density at radius 1 is 0.909 bits per heavy atom. The summed E-state index contributed by atoms with van der Waals surface area (Å²) in [6, 6.07) is 23.8. The van der Waals surface area contributed by atoms with Gasteiger partial charge in [0.05, 0.1) is 16.9 Å². The summed E-state index contributed by atoms with van der Waals surface area (Å²) in [5, 5.41) is 9.77. The zero-order chi connectivity index (χ0) is 23.6. The van der Waals surface area contributed by atoms with Gasteiger partial charge in [-0.3, -0.25) is 4.79 Å². The van der Waals surface area contributed by atoms with E-state index in [1.807, 2.05) is 68.4 Å². The first-order valence-corrected chi connectivity index (χ1v) is 13.2. The average molecular weight is 482 g/mol. The van der Waals surface area contributed by atoms with Gasteiger partial charge in [-0.15, -0.1) is 11.8 Å². The highest BCUT2D eigenvalue weighted by Gasteiger charge is 2.45. The number of hydrogen-bond acceptors (Lipinski definition) is 4. The van der Waals surface area contributed by atoms with Crippen LogP contribution in [-0.2, 0) is 14.8 Å².